The van der Waals surface area contributed by atoms with E-state index in [1.165, 1.54) is 0 Å². The van der Waals surface area contributed by atoms with Crippen LogP contribution in [0.15, 0.2) is 24.3 Å². The molecular formula is C14H21ClN6O. The van der Waals surface area contributed by atoms with Gasteiger partial charge in [0.05, 0.1) is 0 Å². The van der Waals surface area contributed by atoms with Gasteiger partial charge in [-0.15, -0.1) is 17.5 Å². The fraction of sp³-hybridized carbons (Fsp3) is 0.429. The van der Waals surface area contributed by atoms with Gasteiger partial charge in [-0.05, 0) is 36.5 Å². The van der Waals surface area contributed by atoms with Crippen LogP contribution in [0.3, 0.4) is 0 Å². The van der Waals surface area contributed by atoms with Crippen molar-refractivity contribution in [1.29, 1.82) is 0 Å². The van der Waals surface area contributed by atoms with Crippen LogP contribution in [0.25, 0.3) is 11.4 Å². The van der Waals surface area contributed by atoms with Crippen molar-refractivity contribution in [2.75, 3.05) is 18.9 Å². The van der Waals surface area contributed by atoms with Gasteiger partial charge in [0.2, 0.25) is 5.91 Å². The molecule has 1 amide bonds. The van der Waals surface area contributed by atoms with Gasteiger partial charge in [0, 0.05) is 30.3 Å². The van der Waals surface area contributed by atoms with E-state index in [0.717, 1.165) is 11.3 Å². The fourth-order valence-electron chi connectivity index (χ4n) is 2.02. The molecule has 2 aromatic rings. The summed E-state index contributed by atoms with van der Waals surface area (Å²) >= 11 is 0. The van der Waals surface area contributed by atoms with Crippen LogP contribution >= 0.6 is 12.4 Å². The number of halogens is 1. The maximum atomic E-state index is 12.0. The summed E-state index contributed by atoms with van der Waals surface area (Å²) in [6.45, 7) is 5.19. The Bertz CT molecular complexity index is 615. The molecule has 0 bridgehead atoms. The third kappa shape index (κ3) is 4.25. The standard InChI is InChI=1S/C14H20N6O.ClH/c1-4-20-13(17-18-19-20)11-6-5-7-12(8-11)16-14(21)10(2)9-15-3;/h5-8,10,15H,4,9H2,1-3H3,(H,16,21);1H. The van der Waals surface area contributed by atoms with Gasteiger partial charge in [0.25, 0.3) is 0 Å². The van der Waals surface area contributed by atoms with E-state index in [0.29, 0.717) is 18.9 Å². The van der Waals surface area contributed by atoms with E-state index in [-0.39, 0.29) is 24.2 Å². The number of benzene rings is 1. The van der Waals surface area contributed by atoms with Gasteiger partial charge < -0.3 is 10.6 Å². The highest BCUT2D eigenvalue weighted by atomic mass is 35.5. The predicted octanol–water partition coefficient (Wildman–Crippen LogP) is 1.58. The van der Waals surface area contributed by atoms with Crippen molar-refractivity contribution in [3.63, 3.8) is 0 Å². The Kier molecular flexibility index (Phi) is 6.94. The number of tetrazole rings is 1. The second-order valence-corrected chi connectivity index (χ2v) is 4.85. The first kappa shape index (κ1) is 18.1. The van der Waals surface area contributed by atoms with Crippen LogP contribution in [0.1, 0.15) is 13.8 Å². The highest BCUT2D eigenvalue weighted by Gasteiger charge is 2.13. The van der Waals surface area contributed by atoms with Gasteiger partial charge in [-0.1, -0.05) is 19.1 Å². The lowest BCUT2D eigenvalue weighted by Crippen LogP contribution is -2.28. The topological polar surface area (TPSA) is 84.7 Å². The lowest BCUT2D eigenvalue weighted by atomic mass is 10.1. The summed E-state index contributed by atoms with van der Waals surface area (Å²) in [5, 5.41) is 17.5. The monoisotopic (exact) mass is 324 g/mol. The maximum Gasteiger partial charge on any atom is 0.228 e. The third-order valence-electron chi connectivity index (χ3n) is 3.18. The average molecular weight is 325 g/mol. The Hall–Kier alpha value is -1.99. The summed E-state index contributed by atoms with van der Waals surface area (Å²) in [5.74, 6) is 0.577. The normalized spacial score (nSPS) is 11.6. The van der Waals surface area contributed by atoms with Crippen LogP contribution in [0.2, 0.25) is 0 Å². The van der Waals surface area contributed by atoms with E-state index < -0.39 is 0 Å². The Morgan fingerprint density at radius 3 is 2.86 bits per heavy atom. The number of hydrogen-bond acceptors (Lipinski definition) is 5. The SMILES string of the molecule is CCn1nnnc1-c1cccc(NC(=O)C(C)CNC)c1.Cl. The largest absolute Gasteiger partial charge is 0.326 e. The molecule has 0 saturated carbocycles. The molecule has 0 fully saturated rings. The molecule has 1 atom stereocenters. The highest BCUT2D eigenvalue weighted by molar-refractivity contribution is 5.93. The molecule has 2 rings (SSSR count). The molecule has 0 aliphatic rings. The van der Waals surface area contributed by atoms with Gasteiger partial charge >= 0.3 is 0 Å². The Balaban J connectivity index is 0.00000242. The van der Waals surface area contributed by atoms with Crippen LogP contribution in [-0.2, 0) is 11.3 Å². The van der Waals surface area contributed by atoms with Crippen molar-refractivity contribution in [3.8, 4) is 11.4 Å². The number of carbonyl (C=O) groups is 1. The van der Waals surface area contributed by atoms with E-state index in [2.05, 4.69) is 26.2 Å². The first-order valence-corrected chi connectivity index (χ1v) is 6.97. The molecule has 1 unspecified atom stereocenters. The van der Waals surface area contributed by atoms with E-state index in [4.69, 9.17) is 0 Å². The number of hydrogen-bond donors (Lipinski definition) is 2. The second kappa shape index (κ2) is 8.45. The highest BCUT2D eigenvalue weighted by Crippen LogP contribution is 2.20. The molecule has 1 heterocycles. The Morgan fingerprint density at radius 1 is 1.41 bits per heavy atom. The minimum atomic E-state index is -0.0976. The molecular weight excluding hydrogens is 304 g/mol. The van der Waals surface area contributed by atoms with Crippen LogP contribution in [-0.4, -0.2) is 39.7 Å². The first-order valence-electron chi connectivity index (χ1n) is 6.97. The summed E-state index contributed by atoms with van der Waals surface area (Å²) in [7, 11) is 1.83. The molecule has 8 heteroatoms. The molecule has 0 radical (unpaired) electrons. The van der Waals surface area contributed by atoms with Crippen molar-refractivity contribution in [2.45, 2.75) is 20.4 Å². The summed E-state index contributed by atoms with van der Waals surface area (Å²) in [4.78, 5) is 12.0. The van der Waals surface area contributed by atoms with Crippen molar-refractivity contribution >= 4 is 24.0 Å². The summed E-state index contributed by atoms with van der Waals surface area (Å²) in [5.41, 5.74) is 1.62. The zero-order valence-corrected chi connectivity index (χ0v) is 13.7. The Morgan fingerprint density at radius 2 is 2.18 bits per heavy atom. The molecule has 1 aromatic carbocycles. The molecule has 22 heavy (non-hydrogen) atoms. The van der Waals surface area contributed by atoms with Gasteiger partial charge in [0.15, 0.2) is 5.82 Å². The van der Waals surface area contributed by atoms with Crippen molar-refractivity contribution in [1.82, 2.24) is 25.5 Å². The predicted molar refractivity (Wildman–Crippen MR) is 87.9 cm³/mol. The number of anilines is 1. The number of aromatic nitrogens is 4. The zero-order chi connectivity index (χ0) is 15.2. The Labute approximate surface area is 135 Å². The van der Waals surface area contributed by atoms with E-state index >= 15 is 0 Å². The van der Waals surface area contributed by atoms with Crippen LogP contribution < -0.4 is 10.6 Å². The molecule has 120 valence electrons. The van der Waals surface area contributed by atoms with Crippen LogP contribution in [0.4, 0.5) is 5.69 Å². The fourth-order valence-corrected chi connectivity index (χ4v) is 2.02. The van der Waals surface area contributed by atoms with E-state index in [9.17, 15) is 4.79 Å². The summed E-state index contributed by atoms with van der Waals surface area (Å²) in [6, 6.07) is 7.53. The summed E-state index contributed by atoms with van der Waals surface area (Å²) in [6.07, 6.45) is 0. The van der Waals surface area contributed by atoms with Crippen molar-refractivity contribution < 1.29 is 4.79 Å². The van der Waals surface area contributed by atoms with Crippen LogP contribution in [0.5, 0.6) is 0 Å². The number of aryl methyl sites for hydroxylation is 1. The lowest BCUT2D eigenvalue weighted by Gasteiger charge is -2.12. The first-order chi connectivity index (χ1) is 10.2. The van der Waals surface area contributed by atoms with Crippen LogP contribution in [0, 0.1) is 5.92 Å². The van der Waals surface area contributed by atoms with Crippen molar-refractivity contribution in [3.05, 3.63) is 24.3 Å². The number of nitrogens with zero attached hydrogens (tertiary/aromatic N) is 4. The second-order valence-electron chi connectivity index (χ2n) is 4.85. The third-order valence-corrected chi connectivity index (χ3v) is 3.18. The number of nitrogens with one attached hydrogen (secondary N) is 2. The molecule has 0 aliphatic heterocycles. The van der Waals surface area contributed by atoms with Gasteiger partial charge in [-0.25, -0.2) is 4.68 Å². The number of amides is 1. The molecule has 1 aromatic heterocycles. The number of rotatable bonds is 6. The lowest BCUT2D eigenvalue weighted by molar-refractivity contribution is -0.119. The van der Waals surface area contributed by atoms with E-state index in [1.807, 2.05) is 45.2 Å². The van der Waals surface area contributed by atoms with Gasteiger partial charge in [-0.2, -0.15) is 0 Å². The molecule has 2 N–H and O–H groups in total. The zero-order valence-electron chi connectivity index (χ0n) is 12.9. The molecule has 0 aliphatic carbocycles. The average Bonchev–Trinajstić information content (AvgIpc) is 2.96. The maximum absolute atomic E-state index is 12.0. The van der Waals surface area contributed by atoms with Gasteiger partial charge in [0.1, 0.15) is 0 Å². The quantitative estimate of drug-likeness (QED) is 0.842. The smallest absolute Gasteiger partial charge is 0.228 e. The van der Waals surface area contributed by atoms with E-state index in [1.54, 1.807) is 4.68 Å². The van der Waals surface area contributed by atoms with Crippen molar-refractivity contribution in [2.24, 2.45) is 5.92 Å². The molecule has 0 saturated heterocycles. The van der Waals surface area contributed by atoms with Gasteiger partial charge in [-0.3, -0.25) is 4.79 Å². The molecule has 0 spiro atoms. The summed E-state index contributed by atoms with van der Waals surface area (Å²) < 4.78 is 1.71. The number of carbonyl (C=O) groups excluding carboxylic acids is 1. The molecule has 7 nitrogen and oxygen atoms in total. The minimum absolute atomic E-state index is 0. The minimum Gasteiger partial charge on any atom is -0.326 e.